The van der Waals surface area contributed by atoms with E-state index in [-0.39, 0.29) is 10.9 Å². The smallest absolute Gasteiger partial charge is 0.240 e. The summed E-state index contributed by atoms with van der Waals surface area (Å²) in [5.41, 5.74) is 3.01. The zero-order valence-corrected chi connectivity index (χ0v) is 16.9. The van der Waals surface area contributed by atoms with Crippen molar-refractivity contribution in [2.45, 2.75) is 30.7 Å². The molecule has 0 spiro atoms. The number of H-pyrrole nitrogens is 1. The molecule has 3 rings (SSSR count). The fourth-order valence-corrected chi connectivity index (χ4v) is 4.59. The van der Waals surface area contributed by atoms with Crippen LogP contribution in [0.1, 0.15) is 17.5 Å². The predicted molar refractivity (Wildman–Crippen MR) is 110 cm³/mol. The minimum absolute atomic E-state index is 0.263. The molecule has 2 N–H and O–H groups in total. The predicted octanol–water partition coefficient (Wildman–Crippen LogP) is 4.70. The SMILES string of the molecule is C=CC[C@@H](Cc1c[nH]c2ccccc12)NS(=O)(=O)c1ccc(Br)c(C)c1. The highest BCUT2D eigenvalue weighted by atomic mass is 79.9. The third kappa shape index (κ3) is 4.09. The molecule has 6 heteroatoms. The monoisotopic (exact) mass is 432 g/mol. The van der Waals surface area contributed by atoms with E-state index < -0.39 is 10.0 Å². The molecule has 4 nitrogen and oxygen atoms in total. The standard InChI is InChI=1S/C20H21BrN2O2S/c1-3-6-16(12-15-13-22-20-8-5-4-7-18(15)20)23-26(24,25)17-9-10-19(21)14(2)11-17/h3-5,7-11,13,16,22-23H,1,6,12H2,2H3/t16-/m0/s1. The van der Waals surface area contributed by atoms with Gasteiger partial charge >= 0.3 is 0 Å². The number of para-hydroxylation sites is 1. The molecule has 0 aliphatic heterocycles. The van der Waals surface area contributed by atoms with Crippen LogP contribution < -0.4 is 4.72 Å². The van der Waals surface area contributed by atoms with Gasteiger partial charge in [0.2, 0.25) is 10.0 Å². The van der Waals surface area contributed by atoms with Gasteiger partial charge in [-0.3, -0.25) is 0 Å². The fourth-order valence-electron chi connectivity index (χ4n) is 3.01. The van der Waals surface area contributed by atoms with Crippen LogP contribution >= 0.6 is 15.9 Å². The van der Waals surface area contributed by atoms with Gasteiger partial charge in [-0.2, -0.15) is 0 Å². The second-order valence-electron chi connectivity index (χ2n) is 6.32. The topological polar surface area (TPSA) is 62.0 Å². The van der Waals surface area contributed by atoms with E-state index in [0.717, 1.165) is 26.5 Å². The summed E-state index contributed by atoms with van der Waals surface area (Å²) in [5.74, 6) is 0. The number of nitrogens with one attached hydrogen (secondary N) is 2. The van der Waals surface area contributed by atoms with Crippen molar-refractivity contribution in [3.05, 3.63) is 76.9 Å². The molecule has 3 aromatic rings. The van der Waals surface area contributed by atoms with Crippen LogP contribution in [0.15, 0.2) is 70.7 Å². The number of aryl methyl sites for hydroxylation is 1. The number of halogens is 1. The van der Waals surface area contributed by atoms with Gasteiger partial charge in [0.1, 0.15) is 0 Å². The molecule has 0 amide bonds. The van der Waals surface area contributed by atoms with Crippen molar-refractivity contribution in [2.75, 3.05) is 0 Å². The Labute approximate surface area is 162 Å². The van der Waals surface area contributed by atoms with Crippen LogP contribution in [0.5, 0.6) is 0 Å². The molecule has 0 unspecified atom stereocenters. The molecule has 0 saturated carbocycles. The van der Waals surface area contributed by atoms with E-state index in [9.17, 15) is 8.42 Å². The van der Waals surface area contributed by atoms with Crippen LogP contribution in [0.2, 0.25) is 0 Å². The number of rotatable bonds is 7. The van der Waals surface area contributed by atoms with Crippen LogP contribution in [-0.2, 0) is 16.4 Å². The first-order valence-electron chi connectivity index (χ1n) is 8.35. The Morgan fingerprint density at radius 1 is 1.27 bits per heavy atom. The molecule has 0 aliphatic rings. The fraction of sp³-hybridized carbons (Fsp3) is 0.200. The molecular weight excluding hydrogens is 412 g/mol. The molecule has 1 heterocycles. The highest BCUT2D eigenvalue weighted by Crippen LogP contribution is 2.23. The van der Waals surface area contributed by atoms with Gasteiger partial charge in [-0.25, -0.2) is 13.1 Å². The molecule has 0 aliphatic carbocycles. The summed E-state index contributed by atoms with van der Waals surface area (Å²) in [6.45, 7) is 5.64. The highest BCUT2D eigenvalue weighted by molar-refractivity contribution is 9.10. The highest BCUT2D eigenvalue weighted by Gasteiger charge is 2.21. The number of aromatic nitrogens is 1. The third-order valence-electron chi connectivity index (χ3n) is 4.35. The normalized spacial score (nSPS) is 13.0. The van der Waals surface area contributed by atoms with Gasteiger partial charge in [0.25, 0.3) is 0 Å². The zero-order valence-electron chi connectivity index (χ0n) is 14.5. The number of hydrogen-bond acceptors (Lipinski definition) is 2. The van der Waals surface area contributed by atoms with E-state index in [1.54, 1.807) is 24.3 Å². The van der Waals surface area contributed by atoms with Gasteiger partial charge in [-0.1, -0.05) is 40.2 Å². The van der Waals surface area contributed by atoms with E-state index in [2.05, 4.69) is 32.2 Å². The van der Waals surface area contributed by atoms with Crippen LogP contribution in [-0.4, -0.2) is 19.4 Å². The van der Waals surface area contributed by atoms with Crippen molar-refractivity contribution in [2.24, 2.45) is 0 Å². The lowest BCUT2D eigenvalue weighted by Crippen LogP contribution is -2.36. The zero-order chi connectivity index (χ0) is 18.7. The molecule has 0 bridgehead atoms. The summed E-state index contributed by atoms with van der Waals surface area (Å²) < 4.78 is 29.3. The van der Waals surface area contributed by atoms with E-state index in [1.807, 2.05) is 37.4 Å². The number of aromatic amines is 1. The minimum atomic E-state index is -3.61. The van der Waals surface area contributed by atoms with Gasteiger partial charge in [-0.05, 0) is 55.2 Å². The van der Waals surface area contributed by atoms with Crippen molar-refractivity contribution in [3.63, 3.8) is 0 Å². The van der Waals surface area contributed by atoms with Gasteiger partial charge in [-0.15, -0.1) is 6.58 Å². The quantitative estimate of drug-likeness (QED) is 0.531. The van der Waals surface area contributed by atoms with Crippen molar-refractivity contribution in [1.82, 2.24) is 9.71 Å². The maximum atomic E-state index is 12.8. The molecule has 0 radical (unpaired) electrons. The first kappa shape index (κ1) is 18.9. The second-order valence-corrected chi connectivity index (χ2v) is 8.89. The number of fused-ring (bicyclic) bond motifs is 1. The average Bonchev–Trinajstić information content (AvgIpc) is 3.00. The Bertz CT molecular complexity index is 1040. The van der Waals surface area contributed by atoms with Gasteiger partial charge < -0.3 is 4.98 Å². The molecule has 1 atom stereocenters. The molecule has 2 aromatic carbocycles. The summed E-state index contributed by atoms with van der Waals surface area (Å²) >= 11 is 3.40. The van der Waals surface area contributed by atoms with Crippen molar-refractivity contribution >= 4 is 36.9 Å². The Morgan fingerprint density at radius 2 is 2.04 bits per heavy atom. The lowest BCUT2D eigenvalue weighted by Gasteiger charge is -2.17. The first-order chi connectivity index (χ1) is 12.4. The van der Waals surface area contributed by atoms with Crippen LogP contribution in [0, 0.1) is 6.92 Å². The first-order valence-corrected chi connectivity index (χ1v) is 10.6. The van der Waals surface area contributed by atoms with Gasteiger partial charge in [0.05, 0.1) is 4.90 Å². The number of hydrogen-bond donors (Lipinski definition) is 2. The van der Waals surface area contributed by atoms with Gasteiger partial charge in [0, 0.05) is 27.6 Å². The molecular formula is C20H21BrN2O2S. The minimum Gasteiger partial charge on any atom is -0.361 e. The van der Waals surface area contributed by atoms with Crippen LogP contribution in [0.25, 0.3) is 10.9 Å². The van der Waals surface area contributed by atoms with E-state index >= 15 is 0 Å². The summed E-state index contributed by atoms with van der Waals surface area (Å²) in [6, 6.07) is 12.8. The van der Waals surface area contributed by atoms with E-state index in [0.29, 0.717) is 12.8 Å². The summed E-state index contributed by atoms with van der Waals surface area (Å²) in [4.78, 5) is 3.51. The maximum absolute atomic E-state index is 12.8. The average molecular weight is 433 g/mol. The Kier molecular flexibility index (Phi) is 5.65. The van der Waals surface area contributed by atoms with Crippen LogP contribution in [0.4, 0.5) is 0 Å². The molecule has 136 valence electrons. The second kappa shape index (κ2) is 7.78. The lowest BCUT2D eigenvalue weighted by atomic mass is 10.0. The number of benzene rings is 2. The largest absolute Gasteiger partial charge is 0.361 e. The Morgan fingerprint density at radius 3 is 2.77 bits per heavy atom. The molecule has 26 heavy (non-hydrogen) atoms. The molecule has 0 saturated heterocycles. The van der Waals surface area contributed by atoms with Crippen molar-refractivity contribution in [3.8, 4) is 0 Å². The third-order valence-corrected chi connectivity index (χ3v) is 6.76. The Hall–Kier alpha value is -1.89. The van der Waals surface area contributed by atoms with Crippen molar-refractivity contribution < 1.29 is 8.42 Å². The Balaban J connectivity index is 1.85. The van der Waals surface area contributed by atoms with E-state index in [1.165, 1.54) is 0 Å². The maximum Gasteiger partial charge on any atom is 0.240 e. The van der Waals surface area contributed by atoms with Crippen molar-refractivity contribution in [1.29, 1.82) is 0 Å². The van der Waals surface area contributed by atoms with Gasteiger partial charge in [0.15, 0.2) is 0 Å². The summed E-state index contributed by atoms with van der Waals surface area (Å²) in [5, 5.41) is 1.11. The lowest BCUT2D eigenvalue weighted by molar-refractivity contribution is 0.547. The molecule has 1 aromatic heterocycles. The molecule has 0 fully saturated rings. The van der Waals surface area contributed by atoms with Crippen LogP contribution in [0.3, 0.4) is 0 Å². The number of sulfonamides is 1. The van der Waals surface area contributed by atoms with E-state index in [4.69, 9.17) is 0 Å². The summed E-state index contributed by atoms with van der Waals surface area (Å²) in [7, 11) is -3.61. The summed E-state index contributed by atoms with van der Waals surface area (Å²) in [6.07, 6.45) is 4.83.